The van der Waals surface area contributed by atoms with Gasteiger partial charge in [-0.3, -0.25) is 0 Å². The minimum absolute atomic E-state index is 0.225. The third-order valence-electron chi connectivity index (χ3n) is 2.82. The summed E-state index contributed by atoms with van der Waals surface area (Å²) >= 11 is 0. The van der Waals surface area contributed by atoms with Gasteiger partial charge in [0.25, 0.3) is 0 Å². The van der Waals surface area contributed by atoms with E-state index in [0.29, 0.717) is 0 Å². The number of unbranched alkanes of at least 4 members (excludes halogenated alkanes) is 3. The topological polar surface area (TPSA) is 49.3 Å². The van der Waals surface area contributed by atoms with Gasteiger partial charge in [-0.1, -0.05) is 46.0 Å². The third kappa shape index (κ3) is 7.29. The van der Waals surface area contributed by atoms with Crippen LogP contribution in [0.25, 0.3) is 0 Å². The second-order valence-corrected chi connectivity index (χ2v) is 4.55. The van der Waals surface area contributed by atoms with E-state index in [-0.39, 0.29) is 5.44 Å². The first-order valence-corrected chi connectivity index (χ1v) is 6.05. The number of carbonyl (C=O) groups is 1. The maximum Gasteiger partial charge on any atom is 0.404 e. The van der Waals surface area contributed by atoms with Crippen molar-refractivity contribution in [1.29, 1.82) is 0 Å². The van der Waals surface area contributed by atoms with Crippen molar-refractivity contribution in [2.75, 3.05) is 0 Å². The molecular formula is C11H24BNO2. The quantitative estimate of drug-likeness (QED) is 0.480. The molecule has 88 valence electrons. The average Bonchev–Trinajstić information content (AvgIpc) is 2.14. The summed E-state index contributed by atoms with van der Waals surface area (Å²) in [4.78, 5) is 10.7. The summed E-state index contributed by atoms with van der Waals surface area (Å²) in [5.41, 5.74) is -0.225. The number of nitrogens with one attached hydrogen (secondary N) is 1. The van der Waals surface area contributed by atoms with E-state index in [0.717, 1.165) is 32.1 Å². The molecule has 0 aromatic heterocycles. The second-order valence-electron chi connectivity index (χ2n) is 4.55. The van der Waals surface area contributed by atoms with Gasteiger partial charge in [-0.15, -0.1) is 0 Å². The highest BCUT2D eigenvalue weighted by atomic mass is 16.4. The molecule has 0 radical (unpaired) electrons. The van der Waals surface area contributed by atoms with Gasteiger partial charge in [0.05, 0.1) is 0 Å². The molecule has 0 aliphatic rings. The van der Waals surface area contributed by atoms with Crippen molar-refractivity contribution in [2.24, 2.45) is 0 Å². The zero-order chi connectivity index (χ0) is 11.7. The van der Waals surface area contributed by atoms with E-state index in [2.05, 4.69) is 19.2 Å². The summed E-state index contributed by atoms with van der Waals surface area (Å²) in [6, 6.07) is 0. The third-order valence-corrected chi connectivity index (χ3v) is 2.82. The van der Waals surface area contributed by atoms with E-state index in [1.807, 2.05) is 7.85 Å². The summed E-state index contributed by atoms with van der Waals surface area (Å²) < 4.78 is 0. The van der Waals surface area contributed by atoms with Gasteiger partial charge in [-0.2, -0.15) is 0 Å². The van der Waals surface area contributed by atoms with E-state index >= 15 is 0 Å². The number of hydrogen-bond donors (Lipinski definition) is 2. The molecule has 0 fully saturated rings. The molecule has 1 atom stereocenters. The lowest BCUT2D eigenvalue weighted by atomic mass is 9.70. The first-order chi connectivity index (χ1) is 7.04. The lowest BCUT2D eigenvalue weighted by molar-refractivity contribution is 0.183. The summed E-state index contributed by atoms with van der Waals surface area (Å²) in [6.07, 6.45) is 6.67. The van der Waals surface area contributed by atoms with E-state index < -0.39 is 6.09 Å². The standard InChI is InChI=1S/C11H24BNO2/c1-3-5-7-9-11(12,8-6-4-2)13-10(14)15/h13H,3-9,12H2,1-2H3,(H,14,15). The van der Waals surface area contributed by atoms with Gasteiger partial charge < -0.3 is 10.4 Å². The molecule has 1 unspecified atom stereocenters. The van der Waals surface area contributed by atoms with Gasteiger partial charge in [0.1, 0.15) is 7.85 Å². The molecule has 0 saturated heterocycles. The second kappa shape index (κ2) is 7.60. The van der Waals surface area contributed by atoms with Crippen molar-refractivity contribution in [3.05, 3.63) is 0 Å². The molecule has 0 aromatic carbocycles. The Morgan fingerprint density at radius 1 is 1.20 bits per heavy atom. The van der Waals surface area contributed by atoms with Crippen LogP contribution >= 0.6 is 0 Å². The van der Waals surface area contributed by atoms with Crippen LogP contribution in [0, 0.1) is 0 Å². The zero-order valence-electron chi connectivity index (χ0n) is 10.3. The SMILES string of the molecule is BC(CCCC)(CCCCC)NC(=O)O. The molecule has 0 spiro atoms. The molecule has 0 rings (SSSR count). The number of carboxylic acid groups (broad SMARTS) is 1. The molecule has 0 bridgehead atoms. The smallest absolute Gasteiger partial charge is 0.404 e. The Kier molecular flexibility index (Phi) is 7.27. The molecule has 1 amide bonds. The predicted octanol–water partition coefficient (Wildman–Crippen LogP) is 2.35. The van der Waals surface area contributed by atoms with Crippen LogP contribution in [0.15, 0.2) is 0 Å². The van der Waals surface area contributed by atoms with Gasteiger partial charge in [-0.05, 0) is 12.8 Å². The summed E-state index contributed by atoms with van der Waals surface area (Å²) in [5.74, 6) is 0. The molecule has 4 heteroatoms. The first kappa shape index (κ1) is 14.3. The van der Waals surface area contributed by atoms with Crippen LogP contribution in [0.5, 0.6) is 0 Å². The Morgan fingerprint density at radius 3 is 2.20 bits per heavy atom. The van der Waals surface area contributed by atoms with Gasteiger partial charge in [0, 0.05) is 5.44 Å². The van der Waals surface area contributed by atoms with Crippen molar-refractivity contribution in [2.45, 2.75) is 64.2 Å². The largest absolute Gasteiger partial charge is 0.465 e. The molecular weight excluding hydrogens is 189 g/mol. The molecule has 0 aromatic rings. The average molecular weight is 213 g/mol. The predicted molar refractivity (Wildman–Crippen MR) is 66.1 cm³/mol. The summed E-state index contributed by atoms with van der Waals surface area (Å²) in [6.45, 7) is 4.29. The number of rotatable bonds is 8. The Balaban J connectivity index is 4.07. The minimum Gasteiger partial charge on any atom is -0.465 e. The molecule has 0 heterocycles. The fourth-order valence-electron chi connectivity index (χ4n) is 1.84. The molecule has 2 N–H and O–H groups in total. The minimum atomic E-state index is -0.898. The van der Waals surface area contributed by atoms with Crippen molar-refractivity contribution >= 4 is 13.9 Å². The molecule has 3 nitrogen and oxygen atoms in total. The molecule has 15 heavy (non-hydrogen) atoms. The van der Waals surface area contributed by atoms with Crippen LogP contribution in [0.3, 0.4) is 0 Å². The van der Waals surface area contributed by atoms with E-state index in [1.54, 1.807) is 0 Å². The summed E-state index contributed by atoms with van der Waals surface area (Å²) in [7, 11) is 2.02. The van der Waals surface area contributed by atoms with E-state index in [4.69, 9.17) is 5.11 Å². The zero-order valence-corrected chi connectivity index (χ0v) is 10.3. The van der Waals surface area contributed by atoms with Crippen LogP contribution < -0.4 is 5.32 Å². The highest BCUT2D eigenvalue weighted by molar-refractivity contribution is 6.16. The van der Waals surface area contributed by atoms with Crippen LogP contribution in [0.1, 0.15) is 58.8 Å². The lowest BCUT2D eigenvalue weighted by Gasteiger charge is -2.29. The monoisotopic (exact) mass is 213 g/mol. The van der Waals surface area contributed by atoms with Crippen molar-refractivity contribution in [3.8, 4) is 0 Å². The highest BCUT2D eigenvalue weighted by Gasteiger charge is 2.24. The Labute approximate surface area is 94.0 Å². The van der Waals surface area contributed by atoms with Gasteiger partial charge in [0.15, 0.2) is 0 Å². The van der Waals surface area contributed by atoms with Crippen molar-refractivity contribution in [1.82, 2.24) is 5.32 Å². The number of hydrogen-bond acceptors (Lipinski definition) is 1. The molecule has 0 aliphatic heterocycles. The lowest BCUT2D eigenvalue weighted by Crippen LogP contribution is -2.48. The number of amides is 1. The van der Waals surface area contributed by atoms with Gasteiger partial charge in [0.2, 0.25) is 0 Å². The molecule has 0 saturated carbocycles. The fourth-order valence-corrected chi connectivity index (χ4v) is 1.84. The maximum atomic E-state index is 10.7. The van der Waals surface area contributed by atoms with Crippen LogP contribution in [-0.4, -0.2) is 24.5 Å². The fraction of sp³-hybridized carbons (Fsp3) is 0.909. The Hall–Kier alpha value is -0.665. The van der Waals surface area contributed by atoms with E-state index in [1.165, 1.54) is 12.8 Å². The van der Waals surface area contributed by atoms with Crippen LogP contribution in [0.2, 0.25) is 0 Å². The van der Waals surface area contributed by atoms with Crippen LogP contribution in [0.4, 0.5) is 4.79 Å². The summed E-state index contributed by atoms with van der Waals surface area (Å²) in [5, 5.41) is 11.5. The Bertz CT molecular complexity index is 187. The highest BCUT2D eigenvalue weighted by Crippen LogP contribution is 2.18. The van der Waals surface area contributed by atoms with Gasteiger partial charge >= 0.3 is 6.09 Å². The normalized spacial score (nSPS) is 14.5. The molecule has 0 aliphatic carbocycles. The van der Waals surface area contributed by atoms with Crippen molar-refractivity contribution < 1.29 is 9.90 Å². The van der Waals surface area contributed by atoms with Crippen molar-refractivity contribution in [3.63, 3.8) is 0 Å². The van der Waals surface area contributed by atoms with E-state index in [9.17, 15) is 4.79 Å². The maximum absolute atomic E-state index is 10.7. The first-order valence-electron chi connectivity index (χ1n) is 6.05. The van der Waals surface area contributed by atoms with Gasteiger partial charge in [-0.25, -0.2) is 4.79 Å². The van der Waals surface area contributed by atoms with Crippen LogP contribution in [-0.2, 0) is 0 Å². The Morgan fingerprint density at radius 2 is 1.73 bits per heavy atom.